The summed E-state index contributed by atoms with van der Waals surface area (Å²) in [7, 11) is 0. The summed E-state index contributed by atoms with van der Waals surface area (Å²) in [6.07, 6.45) is 4.10. The molecule has 0 spiro atoms. The van der Waals surface area contributed by atoms with Crippen LogP contribution in [0.25, 0.3) is 0 Å². The van der Waals surface area contributed by atoms with Gasteiger partial charge in [-0.05, 0) is 50.2 Å². The van der Waals surface area contributed by atoms with Gasteiger partial charge in [-0.2, -0.15) is 0 Å². The zero-order valence-electron chi connectivity index (χ0n) is 12.6. The van der Waals surface area contributed by atoms with Crippen molar-refractivity contribution in [1.29, 1.82) is 0 Å². The predicted octanol–water partition coefficient (Wildman–Crippen LogP) is 3.13. The Balaban J connectivity index is 2.35. The van der Waals surface area contributed by atoms with Crippen molar-refractivity contribution in [3.05, 3.63) is 0 Å². The molecule has 0 aromatic carbocycles. The maximum atomic E-state index is 3.65. The molecule has 2 atom stereocenters. The molecule has 1 heterocycles. The van der Waals surface area contributed by atoms with Gasteiger partial charge in [0, 0.05) is 12.6 Å². The fraction of sp³-hybridized carbons (Fsp3) is 1.00. The van der Waals surface area contributed by atoms with Gasteiger partial charge in [-0.3, -0.25) is 0 Å². The summed E-state index contributed by atoms with van der Waals surface area (Å²) in [4.78, 5) is 2.66. The third kappa shape index (κ3) is 5.39. The number of nitrogens with zero attached hydrogens (tertiary/aromatic N) is 1. The van der Waals surface area contributed by atoms with E-state index in [0.717, 1.165) is 12.5 Å². The molecule has 2 nitrogen and oxygen atoms in total. The maximum Gasteiger partial charge on any atom is 0.0128 e. The summed E-state index contributed by atoms with van der Waals surface area (Å²) in [6, 6.07) is 0.643. The van der Waals surface area contributed by atoms with Crippen LogP contribution in [0.3, 0.4) is 0 Å². The lowest BCUT2D eigenvalue weighted by molar-refractivity contribution is 0.158. The summed E-state index contributed by atoms with van der Waals surface area (Å²) < 4.78 is 0. The lowest BCUT2D eigenvalue weighted by Crippen LogP contribution is -2.44. The molecular weight excluding hydrogens is 208 g/mol. The number of nitrogens with one attached hydrogen (secondary N) is 1. The molecule has 17 heavy (non-hydrogen) atoms. The first-order chi connectivity index (χ1) is 7.93. The van der Waals surface area contributed by atoms with Crippen LogP contribution in [0, 0.1) is 11.3 Å². The summed E-state index contributed by atoms with van der Waals surface area (Å²) >= 11 is 0. The first-order valence-electron chi connectivity index (χ1n) is 7.39. The van der Waals surface area contributed by atoms with Crippen molar-refractivity contribution in [2.75, 3.05) is 26.2 Å². The highest BCUT2D eigenvalue weighted by molar-refractivity contribution is 4.82. The summed E-state index contributed by atoms with van der Waals surface area (Å²) in [6.45, 7) is 16.6. The van der Waals surface area contributed by atoms with Crippen molar-refractivity contribution in [3.63, 3.8) is 0 Å². The Kier molecular flexibility index (Phi) is 5.94. The van der Waals surface area contributed by atoms with E-state index < -0.39 is 0 Å². The SMILES string of the molecule is CCNC(CCN1CCCC(C)C1)C(C)(C)C. The Labute approximate surface area is 108 Å². The van der Waals surface area contributed by atoms with Crippen LogP contribution in [-0.2, 0) is 0 Å². The maximum absolute atomic E-state index is 3.65. The van der Waals surface area contributed by atoms with Crippen LogP contribution >= 0.6 is 0 Å². The predicted molar refractivity (Wildman–Crippen MR) is 76.4 cm³/mol. The number of hydrogen-bond donors (Lipinski definition) is 1. The van der Waals surface area contributed by atoms with E-state index in [-0.39, 0.29) is 0 Å². The molecule has 0 aromatic rings. The van der Waals surface area contributed by atoms with Crippen LogP contribution in [0.4, 0.5) is 0 Å². The molecule has 2 unspecified atom stereocenters. The van der Waals surface area contributed by atoms with Gasteiger partial charge in [-0.1, -0.05) is 34.6 Å². The van der Waals surface area contributed by atoms with Gasteiger partial charge >= 0.3 is 0 Å². The Hall–Kier alpha value is -0.0800. The number of hydrogen-bond acceptors (Lipinski definition) is 2. The van der Waals surface area contributed by atoms with Gasteiger partial charge in [0.05, 0.1) is 0 Å². The molecule has 1 N–H and O–H groups in total. The van der Waals surface area contributed by atoms with E-state index in [0.29, 0.717) is 11.5 Å². The Morgan fingerprint density at radius 3 is 2.59 bits per heavy atom. The molecule has 1 aliphatic rings. The molecule has 0 radical (unpaired) electrons. The molecule has 1 saturated heterocycles. The minimum atomic E-state index is 0.372. The smallest absolute Gasteiger partial charge is 0.0128 e. The molecule has 0 aromatic heterocycles. The Morgan fingerprint density at radius 2 is 2.06 bits per heavy atom. The molecule has 1 rings (SSSR count). The van der Waals surface area contributed by atoms with Gasteiger partial charge in [-0.25, -0.2) is 0 Å². The number of rotatable bonds is 5. The van der Waals surface area contributed by atoms with E-state index in [1.54, 1.807) is 0 Å². The molecule has 0 saturated carbocycles. The van der Waals surface area contributed by atoms with E-state index in [1.165, 1.54) is 38.9 Å². The monoisotopic (exact) mass is 240 g/mol. The molecular formula is C15H32N2. The average molecular weight is 240 g/mol. The van der Waals surface area contributed by atoms with Gasteiger partial charge in [0.2, 0.25) is 0 Å². The van der Waals surface area contributed by atoms with Gasteiger partial charge in [0.25, 0.3) is 0 Å². The summed E-state index contributed by atoms with van der Waals surface area (Å²) in [5.41, 5.74) is 0.372. The van der Waals surface area contributed by atoms with E-state index in [2.05, 4.69) is 44.8 Å². The summed E-state index contributed by atoms with van der Waals surface area (Å²) in [5.74, 6) is 0.899. The van der Waals surface area contributed by atoms with Crippen LogP contribution in [0.1, 0.15) is 53.9 Å². The average Bonchev–Trinajstić information content (AvgIpc) is 2.22. The van der Waals surface area contributed by atoms with E-state index in [9.17, 15) is 0 Å². The highest BCUT2D eigenvalue weighted by Gasteiger charge is 2.25. The topological polar surface area (TPSA) is 15.3 Å². The van der Waals surface area contributed by atoms with Crippen molar-refractivity contribution in [1.82, 2.24) is 10.2 Å². The van der Waals surface area contributed by atoms with Crippen LogP contribution in [0.15, 0.2) is 0 Å². The van der Waals surface area contributed by atoms with Crippen LogP contribution in [0.5, 0.6) is 0 Å². The number of piperidine rings is 1. The molecule has 2 heteroatoms. The Bertz CT molecular complexity index is 207. The second-order valence-electron chi connectivity index (χ2n) is 6.81. The zero-order valence-corrected chi connectivity index (χ0v) is 12.6. The molecule has 0 aliphatic carbocycles. The van der Waals surface area contributed by atoms with Crippen molar-refractivity contribution >= 4 is 0 Å². The fourth-order valence-electron chi connectivity index (χ4n) is 2.89. The fourth-order valence-corrected chi connectivity index (χ4v) is 2.89. The van der Waals surface area contributed by atoms with Crippen LogP contribution in [0.2, 0.25) is 0 Å². The van der Waals surface area contributed by atoms with Gasteiger partial charge < -0.3 is 10.2 Å². The molecule has 1 aliphatic heterocycles. The standard InChI is InChI=1S/C15H32N2/c1-6-16-14(15(3,4)5)9-11-17-10-7-8-13(2)12-17/h13-14,16H,6-12H2,1-5H3. The van der Waals surface area contributed by atoms with Crippen molar-refractivity contribution < 1.29 is 0 Å². The lowest BCUT2D eigenvalue weighted by Gasteiger charge is -2.36. The highest BCUT2D eigenvalue weighted by Crippen LogP contribution is 2.23. The first-order valence-corrected chi connectivity index (χ1v) is 7.39. The first kappa shape index (κ1) is 15.0. The zero-order chi connectivity index (χ0) is 12.9. The molecule has 1 fully saturated rings. The van der Waals surface area contributed by atoms with Crippen molar-refractivity contribution in [3.8, 4) is 0 Å². The minimum absolute atomic E-state index is 0.372. The van der Waals surface area contributed by atoms with Crippen molar-refractivity contribution in [2.24, 2.45) is 11.3 Å². The normalized spacial score (nSPS) is 24.9. The third-order valence-electron chi connectivity index (χ3n) is 3.97. The van der Waals surface area contributed by atoms with E-state index in [1.807, 2.05) is 0 Å². The highest BCUT2D eigenvalue weighted by atomic mass is 15.1. The molecule has 0 amide bonds. The van der Waals surface area contributed by atoms with Crippen LogP contribution in [-0.4, -0.2) is 37.1 Å². The van der Waals surface area contributed by atoms with Gasteiger partial charge in [0.15, 0.2) is 0 Å². The second kappa shape index (κ2) is 6.75. The van der Waals surface area contributed by atoms with Gasteiger partial charge in [0.1, 0.15) is 0 Å². The van der Waals surface area contributed by atoms with E-state index in [4.69, 9.17) is 0 Å². The molecule has 0 bridgehead atoms. The third-order valence-corrected chi connectivity index (χ3v) is 3.97. The lowest BCUT2D eigenvalue weighted by atomic mass is 9.84. The molecule has 102 valence electrons. The number of likely N-dealkylation sites (tertiary alicyclic amines) is 1. The largest absolute Gasteiger partial charge is 0.314 e. The minimum Gasteiger partial charge on any atom is -0.314 e. The van der Waals surface area contributed by atoms with Gasteiger partial charge in [-0.15, -0.1) is 0 Å². The van der Waals surface area contributed by atoms with E-state index >= 15 is 0 Å². The second-order valence-corrected chi connectivity index (χ2v) is 6.81. The summed E-state index contributed by atoms with van der Waals surface area (Å²) in [5, 5.41) is 3.65. The van der Waals surface area contributed by atoms with Crippen molar-refractivity contribution in [2.45, 2.75) is 59.9 Å². The van der Waals surface area contributed by atoms with Crippen LogP contribution < -0.4 is 5.32 Å². The quantitative estimate of drug-likeness (QED) is 0.794. The Morgan fingerprint density at radius 1 is 1.35 bits per heavy atom.